The van der Waals surface area contributed by atoms with Gasteiger partial charge in [-0.1, -0.05) is 30.3 Å². The quantitative estimate of drug-likeness (QED) is 0.317. The van der Waals surface area contributed by atoms with Crippen molar-refractivity contribution in [1.82, 2.24) is 0 Å². The lowest BCUT2D eigenvalue weighted by Gasteiger charge is -2.40. The predicted octanol–water partition coefficient (Wildman–Crippen LogP) is -2.64. The summed E-state index contributed by atoms with van der Waals surface area (Å²) in [6, 6.07) is 7.22. The van der Waals surface area contributed by atoms with Crippen LogP contribution in [0, 0.1) is 0 Å². The van der Waals surface area contributed by atoms with Crippen molar-refractivity contribution in [3.05, 3.63) is 35.9 Å². The number of nitrogens with two attached hydrogens (primary N) is 2. The molecule has 0 heterocycles. The van der Waals surface area contributed by atoms with Crippen LogP contribution in [0.5, 0.6) is 0 Å². The van der Waals surface area contributed by atoms with E-state index in [1.54, 1.807) is 6.07 Å². The molecule has 0 saturated heterocycles. The Balaban J connectivity index is 3.38. The highest BCUT2D eigenvalue weighted by molar-refractivity contribution is 5.86. The summed E-state index contributed by atoms with van der Waals surface area (Å²) in [6.45, 7) is -0.949. The summed E-state index contributed by atoms with van der Waals surface area (Å²) in [5.41, 5.74) is 4.80. The van der Waals surface area contributed by atoms with Crippen molar-refractivity contribution in [3.63, 3.8) is 0 Å². The Hall–Kier alpha value is -1.51. The van der Waals surface area contributed by atoms with Crippen LogP contribution in [0.2, 0.25) is 0 Å². The third-order valence-electron chi connectivity index (χ3n) is 2.81. The third-order valence-corrected chi connectivity index (χ3v) is 2.81. The number of carbonyl (C=O) groups excluding carboxylic acids is 1. The molecule has 0 unspecified atom stereocenters. The van der Waals surface area contributed by atoms with E-state index in [1.165, 1.54) is 24.3 Å². The Labute approximate surface area is 103 Å². The summed E-state index contributed by atoms with van der Waals surface area (Å²) in [7, 11) is 0. The van der Waals surface area contributed by atoms with Crippen molar-refractivity contribution >= 4 is 5.91 Å². The van der Waals surface area contributed by atoms with Gasteiger partial charge >= 0.3 is 0 Å². The van der Waals surface area contributed by atoms with Crippen molar-refractivity contribution in [2.45, 2.75) is 17.4 Å². The first kappa shape index (κ1) is 14.6. The van der Waals surface area contributed by atoms with Gasteiger partial charge in [0.05, 0.1) is 6.61 Å². The first-order valence-electron chi connectivity index (χ1n) is 5.16. The van der Waals surface area contributed by atoms with Gasteiger partial charge in [-0.15, -0.1) is 0 Å². The molecular weight excluding hydrogens is 240 g/mol. The van der Waals surface area contributed by atoms with E-state index in [0.717, 1.165) is 0 Å². The number of hydrogen-bond donors (Lipinski definition) is 6. The van der Waals surface area contributed by atoms with E-state index in [1.807, 2.05) is 0 Å². The first-order chi connectivity index (χ1) is 8.28. The summed E-state index contributed by atoms with van der Waals surface area (Å²) < 4.78 is 0. The fourth-order valence-corrected chi connectivity index (χ4v) is 1.63. The number of aliphatic hydroxyl groups excluding tert-OH is 2. The van der Waals surface area contributed by atoms with E-state index >= 15 is 0 Å². The van der Waals surface area contributed by atoms with Gasteiger partial charge in [0.1, 0.15) is 6.10 Å². The number of amides is 1. The van der Waals surface area contributed by atoms with Gasteiger partial charge in [-0.2, -0.15) is 0 Å². The maximum absolute atomic E-state index is 11.4. The molecule has 18 heavy (non-hydrogen) atoms. The molecule has 7 nitrogen and oxygen atoms in total. The SMILES string of the molecule is NC(=O)[C@@](O)(c1ccccc1)[C@](N)(O)[C@H](O)CO. The summed E-state index contributed by atoms with van der Waals surface area (Å²) >= 11 is 0. The molecule has 3 atom stereocenters. The largest absolute Gasteiger partial charge is 0.394 e. The second kappa shape index (κ2) is 5.01. The fourth-order valence-electron chi connectivity index (χ4n) is 1.63. The molecule has 0 aromatic heterocycles. The van der Waals surface area contributed by atoms with E-state index in [9.17, 15) is 20.1 Å². The maximum atomic E-state index is 11.4. The molecule has 0 aliphatic carbocycles. The Morgan fingerprint density at radius 1 is 1.28 bits per heavy atom. The monoisotopic (exact) mass is 256 g/mol. The van der Waals surface area contributed by atoms with Gasteiger partial charge in [0.25, 0.3) is 5.91 Å². The number of benzene rings is 1. The van der Waals surface area contributed by atoms with Crippen LogP contribution in [0.15, 0.2) is 30.3 Å². The lowest BCUT2D eigenvalue weighted by atomic mass is 9.80. The predicted molar refractivity (Wildman–Crippen MR) is 61.8 cm³/mol. The van der Waals surface area contributed by atoms with E-state index < -0.39 is 29.9 Å². The topological polar surface area (TPSA) is 150 Å². The highest BCUT2D eigenvalue weighted by atomic mass is 16.4. The van der Waals surface area contributed by atoms with Gasteiger partial charge in [0, 0.05) is 0 Å². The van der Waals surface area contributed by atoms with Gasteiger partial charge in [-0.3, -0.25) is 10.5 Å². The van der Waals surface area contributed by atoms with Gasteiger partial charge in [-0.05, 0) is 5.56 Å². The van der Waals surface area contributed by atoms with Crippen LogP contribution in [0.25, 0.3) is 0 Å². The number of carbonyl (C=O) groups is 1. The van der Waals surface area contributed by atoms with Crippen LogP contribution in [-0.2, 0) is 10.4 Å². The van der Waals surface area contributed by atoms with Crippen LogP contribution >= 0.6 is 0 Å². The minimum atomic E-state index is -2.82. The second-order valence-electron chi connectivity index (χ2n) is 3.96. The molecular formula is C11H16N2O5. The molecule has 7 heteroatoms. The Morgan fingerprint density at radius 3 is 2.17 bits per heavy atom. The molecule has 0 radical (unpaired) electrons. The lowest BCUT2D eigenvalue weighted by Crippen LogP contribution is -2.70. The van der Waals surface area contributed by atoms with Crippen molar-refractivity contribution in [1.29, 1.82) is 0 Å². The number of primary amides is 1. The van der Waals surface area contributed by atoms with Crippen LogP contribution in [-0.4, -0.2) is 44.8 Å². The van der Waals surface area contributed by atoms with Crippen molar-refractivity contribution in [2.75, 3.05) is 6.61 Å². The number of aliphatic hydroxyl groups is 4. The molecule has 0 spiro atoms. The minimum Gasteiger partial charge on any atom is -0.394 e. The molecule has 1 amide bonds. The summed E-state index contributed by atoms with van der Waals surface area (Å²) in [6.07, 6.45) is -1.95. The molecule has 1 rings (SSSR count). The van der Waals surface area contributed by atoms with Crippen LogP contribution in [0.3, 0.4) is 0 Å². The zero-order valence-electron chi connectivity index (χ0n) is 9.52. The molecule has 1 aromatic carbocycles. The van der Waals surface area contributed by atoms with Gasteiger partial charge < -0.3 is 26.2 Å². The Kier molecular flexibility index (Phi) is 4.05. The molecule has 100 valence electrons. The van der Waals surface area contributed by atoms with Gasteiger partial charge in [-0.25, -0.2) is 0 Å². The highest BCUT2D eigenvalue weighted by Crippen LogP contribution is 2.32. The number of hydrogen-bond acceptors (Lipinski definition) is 6. The molecule has 0 fully saturated rings. The zero-order chi connectivity index (χ0) is 14.0. The summed E-state index contributed by atoms with van der Waals surface area (Å²) in [5, 5.41) is 38.5. The first-order valence-corrected chi connectivity index (χ1v) is 5.16. The van der Waals surface area contributed by atoms with Crippen LogP contribution in [0.1, 0.15) is 5.56 Å². The smallest absolute Gasteiger partial charge is 0.258 e. The van der Waals surface area contributed by atoms with Crippen molar-refractivity contribution in [2.24, 2.45) is 11.5 Å². The molecule has 0 bridgehead atoms. The van der Waals surface area contributed by atoms with E-state index in [2.05, 4.69) is 0 Å². The fraction of sp³-hybridized carbons (Fsp3) is 0.364. The van der Waals surface area contributed by atoms with Gasteiger partial charge in [0.2, 0.25) is 5.60 Å². The molecule has 8 N–H and O–H groups in total. The Morgan fingerprint density at radius 2 is 1.78 bits per heavy atom. The van der Waals surface area contributed by atoms with E-state index in [0.29, 0.717) is 0 Å². The minimum absolute atomic E-state index is 0.0880. The summed E-state index contributed by atoms with van der Waals surface area (Å²) in [4.78, 5) is 11.4. The molecule has 0 aliphatic rings. The van der Waals surface area contributed by atoms with Crippen LogP contribution in [0.4, 0.5) is 0 Å². The molecule has 0 aliphatic heterocycles. The average Bonchev–Trinajstić information content (AvgIpc) is 2.37. The van der Waals surface area contributed by atoms with Crippen molar-refractivity contribution in [3.8, 4) is 0 Å². The van der Waals surface area contributed by atoms with Crippen LogP contribution < -0.4 is 11.5 Å². The Bertz CT molecular complexity index is 423. The summed E-state index contributed by atoms with van der Waals surface area (Å²) in [5.74, 6) is -1.34. The van der Waals surface area contributed by atoms with E-state index in [-0.39, 0.29) is 5.56 Å². The second-order valence-corrected chi connectivity index (χ2v) is 3.96. The standard InChI is InChI=1S/C11H16N2O5/c12-9(16)10(17,7-4-2-1-3-5-7)11(13,18)8(15)6-14/h1-5,8,14-15,17-18H,6,13H2,(H2,12,16)/t8-,10+,11-/m1/s1. The average molecular weight is 256 g/mol. The molecule has 0 saturated carbocycles. The number of rotatable bonds is 5. The lowest BCUT2D eigenvalue weighted by molar-refractivity contribution is -0.211. The maximum Gasteiger partial charge on any atom is 0.258 e. The normalized spacial score (nSPS) is 19.6. The van der Waals surface area contributed by atoms with Gasteiger partial charge in [0.15, 0.2) is 5.72 Å². The molecule has 1 aromatic rings. The zero-order valence-corrected chi connectivity index (χ0v) is 9.52. The third kappa shape index (κ3) is 2.09. The van der Waals surface area contributed by atoms with Crippen molar-refractivity contribution < 1.29 is 25.2 Å². The highest BCUT2D eigenvalue weighted by Gasteiger charge is 2.56. The van der Waals surface area contributed by atoms with E-state index in [4.69, 9.17) is 16.6 Å².